The molecule has 43 heavy (non-hydrogen) atoms. The summed E-state index contributed by atoms with van der Waals surface area (Å²) < 4.78 is 14.5. The standard InChI is InChI=1S/C37H20N4O2/c1-38-25-18-22-8-2-3-9-26(22)33(21-25)41-31-16-14-23(36-39-29-10-4-6-12-34(29)42-36)19-27(31)28-20-24(15-17-32(28)41)37-40-30-11-5-7-13-35(30)43-37/h2-21H. The molecule has 0 radical (unpaired) electrons. The minimum absolute atomic E-state index is 0.569. The summed E-state index contributed by atoms with van der Waals surface area (Å²) >= 11 is 0. The first-order chi connectivity index (χ1) is 21.2. The van der Waals surface area contributed by atoms with Crippen molar-refractivity contribution in [2.75, 3.05) is 0 Å². The van der Waals surface area contributed by atoms with Crippen LogP contribution in [0, 0.1) is 6.57 Å². The van der Waals surface area contributed by atoms with E-state index in [0.717, 1.165) is 71.6 Å². The normalized spacial score (nSPS) is 11.7. The number of aromatic nitrogens is 3. The van der Waals surface area contributed by atoms with Crippen molar-refractivity contribution in [1.82, 2.24) is 14.5 Å². The van der Waals surface area contributed by atoms with Crippen LogP contribution in [0.3, 0.4) is 0 Å². The van der Waals surface area contributed by atoms with Gasteiger partial charge in [-0.3, -0.25) is 0 Å². The second-order valence-corrected chi connectivity index (χ2v) is 10.6. The van der Waals surface area contributed by atoms with Gasteiger partial charge in [0.2, 0.25) is 11.8 Å². The smallest absolute Gasteiger partial charge is 0.227 e. The van der Waals surface area contributed by atoms with Crippen molar-refractivity contribution in [3.63, 3.8) is 0 Å². The van der Waals surface area contributed by atoms with Crippen LogP contribution in [-0.4, -0.2) is 14.5 Å². The van der Waals surface area contributed by atoms with Crippen molar-refractivity contribution >= 4 is 60.5 Å². The van der Waals surface area contributed by atoms with Gasteiger partial charge < -0.3 is 13.4 Å². The Hall–Kier alpha value is -6.19. The average molecular weight is 553 g/mol. The molecule has 0 fully saturated rings. The minimum atomic E-state index is 0.569. The summed E-state index contributed by atoms with van der Waals surface area (Å²) in [6.45, 7) is 7.79. The Morgan fingerprint density at radius 3 is 1.70 bits per heavy atom. The van der Waals surface area contributed by atoms with Gasteiger partial charge in [0.05, 0.1) is 17.6 Å². The van der Waals surface area contributed by atoms with Crippen LogP contribution in [0.5, 0.6) is 0 Å². The van der Waals surface area contributed by atoms with Crippen molar-refractivity contribution in [3.05, 3.63) is 133 Å². The Bertz CT molecular complexity index is 2400. The fourth-order valence-electron chi connectivity index (χ4n) is 6.06. The number of para-hydroxylation sites is 4. The fraction of sp³-hybridized carbons (Fsp3) is 0. The number of rotatable bonds is 3. The van der Waals surface area contributed by atoms with Gasteiger partial charge in [0.25, 0.3) is 0 Å². The first kappa shape index (κ1) is 23.5. The van der Waals surface area contributed by atoms with Crippen molar-refractivity contribution in [3.8, 4) is 28.6 Å². The van der Waals surface area contributed by atoms with Crippen molar-refractivity contribution in [2.24, 2.45) is 0 Å². The highest BCUT2D eigenvalue weighted by Crippen LogP contribution is 2.40. The van der Waals surface area contributed by atoms with Gasteiger partial charge in [0.1, 0.15) is 11.0 Å². The lowest BCUT2D eigenvalue weighted by molar-refractivity contribution is 0.619. The molecule has 6 nitrogen and oxygen atoms in total. The van der Waals surface area contributed by atoms with E-state index < -0.39 is 0 Å². The van der Waals surface area contributed by atoms with Crippen LogP contribution in [0.1, 0.15) is 0 Å². The Labute approximate surface area is 244 Å². The molecule has 6 heteroatoms. The molecule has 0 N–H and O–H groups in total. The number of hydrogen-bond acceptors (Lipinski definition) is 4. The molecular formula is C37H20N4O2. The Kier molecular flexibility index (Phi) is 4.87. The molecule has 3 heterocycles. The molecule has 200 valence electrons. The number of benzene rings is 6. The molecule has 0 atom stereocenters. The Morgan fingerprint density at radius 1 is 0.558 bits per heavy atom. The van der Waals surface area contributed by atoms with E-state index in [9.17, 15) is 0 Å². The van der Waals surface area contributed by atoms with Crippen LogP contribution in [0.25, 0.3) is 88.2 Å². The first-order valence-corrected chi connectivity index (χ1v) is 13.9. The van der Waals surface area contributed by atoms with Gasteiger partial charge in [-0.05, 0) is 78.2 Å². The highest BCUT2D eigenvalue weighted by molar-refractivity contribution is 6.13. The van der Waals surface area contributed by atoms with Crippen LogP contribution >= 0.6 is 0 Å². The van der Waals surface area contributed by atoms with E-state index in [1.165, 1.54) is 0 Å². The summed E-state index contributed by atoms with van der Waals surface area (Å²) in [7, 11) is 0. The van der Waals surface area contributed by atoms with Gasteiger partial charge in [-0.15, -0.1) is 0 Å². The molecule has 0 aliphatic heterocycles. The maximum atomic E-state index is 7.79. The van der Waals surface area contributed by atoms with Crippen LogP contribution < -0.4 is 0 Å². The maximum Gasteiger partial charge on any atom is 0.227 e. The summed E-state index contributed by atoms with van der Waals surface area (Å²) in [6, 6.07) is 40.3. The molecule has 0 bridgehead atoms. The summed E-state index contributed by atoms with van der Waals surface area (Å²) in [5.41, 5.74) is 8.48. The summed E-state index contributed by atoms with van der Waals surface area (Å²) in [6.07, 6.45) is 0. The number of fused-ring (bicyclic) bond motifs is 6. The lowest BCUT2D eigenvalue weighted by Crippen LogP contribution is -1.95. The van der Waals surface area contributed by atoms with E-state index in [1.54, 1.807) is 0 Å². The third-order valence-corrected chi connectivity index (χ3v) is 8.04. The lowest BCUT2D eigenvalue weighted by atomic mass is 10.1. The van der Waals surface area contributed by atoms with E-state index in [0.29, 0.717) is 17.5 Å². The van der Waals surface area contributed by atoms with Crippen LogP contribution in [-0.2, 0) is 0 Å². The number of oxazole rings is 2. The molecule has 0 saturated heterocycles. The number of hydrogen-bond donors (Lipinski definition) is 0. The van der Waals surface area contributed by atoms with E-state index in [1.807, 2.05) is 84.9 Å². The van der Waals surface area contributed by atoms with Crippen molar-refractivity contribution in [1.29, 1.82) is 0 Å². The minimum Gasteiger partial charge on any atom is -0.436 e. The molecule has 0 aliphatic rings. The Morgan fingerprint density at radius 2 is 1.12 bits per heavy atom. The van der Waals surface area contributed by atoms with Gasteiger partial charge in [0.15, 0.2) is 16.9 Å². The van der Waals surface area contributed by atoms with Crippen molar-refractivity contribution in [2.45, 2.75) is 0 Å². The first-order valence-electron chi connectivity index (χ1n) is 13.9. The van der Waals surface area contributed by atoms with E-state index >= 15 is 0 Å². The molecule has 9 rings (SSSR count). The molecule has 9 aromatic rings. The highest BCUT2D eigenvalue weighted by atomic mass is 16.4. The quantitative estimate of drug-likeness (QED) is 0.205. The van der Waals surface area contributed by atoms with Crippen molar-refractivity contribution < 1.29 is 8.83 Å². The van der Waals surface area contributed by atoms with Crippen LogP contribution in [0.15, 0.2) is 130 Å². The topological polar surface area (TPSA) is 61.4 Å². The third-order valence-electron chi connectivity index (χ3n) is 8.04. The molecule has 0 amide bonds. The highest BCUT2D eigenvalue weighted by Gasteiger charge is 2.19. The molecule has 3 aromatic heterocycles. The zero-order valence-electron chi connectivity index (χ0n) is 22.7. The predicted octanol–water partition coefficient (Wildman–Crippen LogP) is 10.1. The zero-order chi connectivity index (χ0) is 28.5. The summed E-state index contributed by atoms with van der Waals surface area (Å²) in [5.74, 6) is 1.14. The van der Waals surface area contributed by atoms with E-state index in [4.69, 9.17) is 25.4 Å². The zero-order valence-corrected chi connectivity index (χ0v) is 22.7. The van der Waals surface area contributed by atoms with Gasteiger partial charge >= 0.3 is 0 Å². The van der Waals surface area contributed by atoms with Gasteiger partial charge in [-0.2, -0.15) is 0 Å². The second-order valence-electron chi connectivity index (χ2n) is 10.6. The predicted molar refractivity (Wildman–Crippen MR) is 171 cm³/mol. The maximum absolute atomic E-state index is 7.79. The largest absolute Gasteiger partial charge is 0.436 e. The van der Waals surface area contributed by atoms with Gasteiger partial charge in [0, 0.05) is 33.0 Å². The molecule has 0 spiro atoms. The molecule has 6 aromatic carbocycles. The molecule has 0 unspecified atom stereocenters. The Balaban J connectivity index is 1.35. The fourth-order valence-corrected chi connectivity index (χ4v) is 6.06. The van der Waals surface area contributed by atoms with E-state index in [2.05, 4.69) is 45.8 Å². The summed E-state index contributed by atoms with van der Waals surface area (Å²) in [5, 5.41) is 4.15. The monoisotopic (exact) mass is 552 g/mol. The van der Waals surface area contributed by atoms with Crippen LogP contribution in [0.4, 0.5) is 5.69 Å². The lowest BCUT2D eigenvalue weighted by Gasteiger charge is -2.13. The van der Waals surface area contributed by atoms with E-state index in [-0.39, 0.29) is 0 Å². The summed E-state index contributed by atoms with van der Waals surface area (Å²) in [4.78, 5) is 13.3. The van der Waals surface area contributed by atoms with Gasteiger partial charge in [-0.25, -0.2) is 14.8 Å². The average Bonchev–Trinajstić information content (AvgIpc) is 3.77. The molecular weight excluding hydrogens is 532 g/mol. The van der Waals surface area contributed by atoms with Gasteiger partial charge in [-0.1, -0.05) is 48.5 Å². The number of nitrogens with zero attached hydrogens (tertiary/aromatic N) is 4. The molecule has 0 aliphatic carbocycles. The molecule has 0 saturated carbocycles. The van der Waals surface area contributed by atoms with Crippen LogP contribution in [0.2, 0.25) is 0 Å². The second kappa shape index (κ2) is 8.90. The third kappa shape index (κ3) is 3.59. The SMILES string of the molecule is [C-]#[N+]c1cc(-n2c3ccc(-c4nc5ccccc5o4)cc3c3cc(-c4nc5ccccc5o4)ccc32)c2ccccc2c1.